The molecule has 1 aromatic heterocycles. The Kier molecular flexibility index (Phi) is 3.87. The largest absolute Gasteiger partial charge is 0.481 e. The third kappa shape index (κ3) is 3.18. The quantitative estimate of drug-likeness (QED) is 0.833. The molecule has 0 saturated carbocycles. The predicted molar refractivity (Wildman–Crippen MR) is 73.8 cm³/mol. The summed E-state index contributed by atoms with van der Waals surface area (Å²) in [7, 11) is 0. The number of rotatable bonds is 4. The molecule has 1 unspecified atom stereocenters. The summed E-state index contributed by atoms with van der Waals surface area (Å²) in [5, 5.41) is 0. The smallest absolute Gasteiger partial charge is 0.257 e. The lowest BCUT2D eigenvalue weighted by molar-refractivity contribution is 0.0986. The molecule has 0 N–H and O–H groups in total. The number of aromatic nitrogens is 1. The minimum Gasteiger partial charge on any atom is -0.481 e. The molecule has 0 radical (unpaired) electrons. The fraction of sp³-hybridized carbons (Fsp3) is 0.667. The predicted octanol–water partition coefficient (Wildman–Crippen LogP) is 2.27. The van der Waals surface area contributed by atoms with Gasteiger partial charge in [-0.1, -0.05) is 0 Å². The van der Waals surface area contributed by atoms with Gasteiger partial charge in [-0.05, 0) is 63.9 Å². The van der Waals surface area contributed by atoms with Crippen LogP contribution in [0.2, 0.25) is 0 Å². The van der Waals surface area contributed by atoms with Gasteiger partial charge in [0, 0.05) is 6.20 Å². The molecule has 4 heteroatoms. The molecule has 0 amide bonds. The van der Waals surface area contributed by atoms with Crippen molar-refractivity contribution in [3.05, 3.63) is 17.8 Å². The van der Waals surface area contributed by atoms with Gasteiger partial charge in [0.25, 0.3) is 5.88 Å². The highest BCUT2D eigenvalue weighted by atomic mass is 16.6. The fourth-order valence-corrected chi connectivity index (χ4v) is 2.76. The van der Waals surface area contributed by atoms with Crippen LogP contribution in [0.1, 0.15) is 31.7 Å². The lowest BCUT2D eigenvalue weighted by Gasteiger charge is -2.23. The van der Waals surface area contributed by atoms with E-state index in [4.69, 9.17) is 9.47 Å². The zero-order valence-electron chi connectivity index (χ0n) is 11.6. The van der Waals surface area contributed by atoms with Crippen molar-refractivity contribution in [1.82, 2.24) is 9.88 Å². The zero-order valence-corrected chi connectivity index (χ0v) is 11.6. The van der Waals surface area contributed by atoms with E-state index >= 15 is 0 Å². The van der Waals surface area contributed by atoms with Crippen molar-refractivity contribution in [3.8, 4) is 11.6 Å². The third-order valence-corrected chi connectivity index (χ3v) is 3.80. The molecule has 104 valence electrons. The van der Waals surface area contributed by atoms with Gasteiger partial charge in [0.2, 0.25) is 0 Å². The van der Waals surface area contributed by atoms with Gasteiger partial charge in [0.15, 0.2) is 5.75 Å². The molecule has 0 spiro atoms. The SMILES string of the molecule is CC1COc2ncc(CCCN3CCCC3)cc2O1. The van der Waals surface area contributed by atoms with Crippen molar-refractivity contribution in [1.29, 1.82) is 0 Å². The summed E-state index contributed by atoms with van der Waals surface area (Å²) >= 11 is 0. The second-order valence-electron chi connectivity index (χ2n) is 5.54. The highest BCUT2D eigenvalue weighted by molar-refractivity contribution is 5.37. The number of fused-ring (bicyclic) bond motifs is 1. The van der Waals surface area contributed by atoms with Gasteiger partial charge in [-0.3, -0.25) is 0 Å². The number of nitrogens with zero attached hydrogens (tertiary/aromatic N) is 2. The van der Waals surface area contributed by atoms with Crippen LogP contribution in [0.15, 0.2) is 12.3 Å². The number of aryl methyl sites for hydroxylation is 1. The Morgan fingerprint density at radius 2 is 2.21 bits per heavy atom. The van der Waals surface area contributed by atoms with Crippen molar-refractivity contribution in [2.75, 3.05) is 26.2 Å². The third-order valence-electron chi connectivity index (χ3n) is 3.80. The van der Waals surface area contributed by atoms with E-state index in [1.54, 1.807) is 0 Å². The van der Waals surface area contributed by atoms with Crippen molar-refractivity contribution in [2.24, 2.45) is 0 Å². The maximum atomic E-state index is 5.75. The second-order valence-corrected chi connectivity index (χ2v) is 5.54. The topological polar surface area (TPSA) is 34.6 Å². The van der Waals surface area contributed by atoms with Crippen molar-refractivity contribution in [2.45, 2.75) is 38.7 Å². The molecule has 19 heavy (non-hydrogen) atoms. The first kappa shape index (κ1) is 12.7. The molecule has 1 fully saturated rings. The van der Waals surface area contributed by atoms with Crippen LogP contribution in [0.25, 0.3) is 0 Å². The van der Waals surface area contributed by atoms with Crippen molar-refractivity contribution >= 4 is 0 Å². The lowest BCUT2D eigenvalue weighted by atomic mass is 10.1. The summed E-state index contributed by atoms with van der Waals surface area (Å²) in [5.41, 5.74) is 1.25. The maximum Gasteiger partial charge on any atom is 0.257 e. The molecule has 0 bridgehead atoms. The Bertz CT molecular complexity index is 430. The Balaban J connectivity index is 1.54. The van der Waals surface area contributed by atoms with E-state index in [9.17, 15) is 0 Å². The van der Waals surface area contributed by atoms with E-state index in [2.05, 4.69) is 16.0 Å². The second kappa shape index (κ2) is 5.78. The molecule has 3 rings (SSSR count). The fourth-order valence-electron chi connectivity index (χ4n) is 2.76. The van der Waals surface area contributed by atoms with Crippen LogP contribution in [0.3, 0.4) is 0 Å². The monoisotopic (exact) mass is 262 g/mol. The van der Waals surface area contributed by atoms with Crippen LogP contribution in [0.4, 0.5) is 0 Å². The summed E-state index contributed by atoms with van der Waals surface area (Å²) in [6.07, 6.45) is 7.02. The molecule has 2 aliphatic heterocycles. The standard InChI is InChI=1S/C15H22N2O2/c1-12-11-18-15-14(19-12)9-13(10-16-15)5-4-8-17-6-2-3-7-17/h9-10,12H,2-8,11H2,1H3. The van der Waals surface area contributed by atoms with Crippen LogP contribution < -0.4 is 9.47 Å². The van der Waals surface area contributed by atoms with Gasteiger partial charge in [-0.2, -0.15) is 0 Å². The molecule has 3 heterocycles. The molecule has 2 aliphatic rings. The molecule has 0 aliphatic carbocycles. The highest BCUT2D eigenvalue weighted by Crippen LogP contribution is 2.30. The van der Waals surface area contributed by atoms with E-state index in [-0.39, 0.29) is 6.10 Å². The number of hydrogen-bond donors (Lipinski definition) is 0. The molecule has 0 aromatic carbocycles. The normalized spacial score (nSPS) is 22.7. The van der Waals surface area contributed by atoms with Crippen LogP contribution >= 0.6 is 0 Å². The Morgan fingerprint density at radius 1 is 1.37 bits per heavy atom. The Hall–Kier alpha value is -1.29. The number of hydrogen-bond acceptors (Lipinski definition) is 4. The number of pyridine rings is 1. The van der Waals surface area contributed by atoms with Gasteiger partial charge in [0.05, 0.1) is 0 Å². The average Bonchev–Trinajstić information content (AvgIpc) is 2.91. The molecular formula is C15H22N2O2. The number of ether oxygens (including phenoxy) is 2. The Morgan fingerprint density at radius 3 is 3.05 bits per heavy atom. The maximum absolute atomic E-state index is 5.75. The molecular weight excluding hydrogens is 240 g/mol. The molecule has 4 nitrogen and oxygen atoms in total. The van der Waals surface area contributed by atoms with Gasteiger partial charge in [-0.15, -0.1) is 0 Å². The highest BCUT2D eigenvalue weighted by Gasteiger charge is 2.18. The van der Waals surface area contributed by atoms with Gasteiger partial charge >= 0.3 is 0 Å². The molecule has 1 atom stereocenters. The van der Waals surface area contributed by atoms with Crippen LogP contribution in [0.5, 0.6) is 11.6 Å². The number of likely N-dealkylation sites (tertiary alicyclic amines) is 1. The molecule has 1 saturated heterocycles. The first-order valence-corrected chi connectivity index (χ1v) is 7.32. The minimum atomic E-state index is 0.120. The van der Waals surface area contributed by atoms with E-state index in [0.717, 1.165) is 12.2 Å². The first-order valence-electron chi connectivity index (χ1n) is 7.32. The lowest BCUT2D eigenvalue weighted by Crippen LogP contribution is -2.26. The van der Waals surface area contributed by atoms with Crippen molar-refractivity contribution in [3.63, 3.8) is 0 Å². The summed E-state index contributed by atoms with van der Waals surface area (Å²) in [6.45, 7) is 6.36. The van der Waals surface area contributed by atoms with E-state index in [0.29, 0.717) is 12.5 Å². The summed E-state index contributed by atoms with van der Waals surface area (Å²) < 4.78 is 11.3. The van der Waals surface area contributed by atoms with Crippen LogP contribution in [-0.4, -0.2) is 42.2 Å². The summed E-state index contributed by atoms with van der Waals surface area (Å²) in [6, 6.07) is 2.09. The van der Waals surface area contributed by atoms with Gasteiger partial charge in [0.1, 0.15) is 12.7 Å². The van der Waals surface area contributed by atoms with Gasteiger partial charge in [-0.25, -0.2) is 4.98 Å². The van der Waals surface area contributed by atoms with Crippen LogP contribution in [0, 0.1) is 0 Å². The van der Waals surface area contributed by atoms with E-state index in [1.807, 2.05) is 13.1 Å². The Labute approximate surface area is 114 Å². The summed E-state index contributed by atoms with van der Waals surface area (Å²) in [5.74, 6) is 1.44. The van der Waals surface area contributed by atoms with E-state index in [1.165, 1.54) is 44.5 Å². The van der Waals surface area contributed by atoms with Crippen LogP contribution in [-0.2, 0) is 6.42 Å². The summed E-state index contributed by atoms with van der Waals surface area (Å²) in [4.78, 5) is 6.89. The zero-order chi connectivity index (χ0) is 13.1. The first-order chi connectivity index (χ1) is 9.31. The van der Waals surface area contributed by atoms with Crippen molar-refractivity contribution < 1.29 is 9.47 Å². The molecule has 1 aromatic rings. The van der Waals surface area contributed by atoms with E-state index < -0.39 is 0 Å². The minimum absolute atomic E-state index is 0.120. The van der Waals surface area contributed by atoms with Gasteiger partial charge < -0.3 is 14.4 Å². The average molecular weight is 262 g/mol.